The molecule has 4 heteroatoms. The third-order valence-corrected chi connectivity index (χ3v) is 4.06. The van der Waals surface area contributed by atoms with Crippen LogP contribution in [0.3, 0.4) is 0 Å². The second kappa shape index (κ2) is 7.74. The highest BCUT2D eigenvalue weighted by Crippen LogP contribution is 2.27. The Labute approximate surface area is 121 Å². The maximum absolute atomic E-state index is 10.4. The molecule has 0 saturated carbocycles. The minimum absolute atomic E-state index is 0.374. The number of methoxy groups -OCH3 is 2. The number of hydrogen-bond donors (Lipinski definition) is 1. The molecule has 1 heterocycles. The molecule has 1 aromatic rings. The van der Waals surface area contributed by atoms with Gasteiger partial charge in [-0.2, -0.15) is 0 Å². The Hall–Kier alpha value is -0.940. The first kappa shape index (κ1) is 15.4. The molecule has 3 atom stereocenters. The quantitative estimate of drug-likeness (QED) is 0.827. The van der Waals surface area contributed by atoms with Crippen LogP contribution >= 0.6 is 0 Å². The zero-order valence-electron chi connectivity index (χ0n) is 12.4. The average Bonchev–Trinajstić information content (AvgIpc) is 2.83. The Bertz CT molecular complexity index is 371. The van der Waals surface area contributed by atoms with Crippen LogP contribution in [0.15, 0.2) is 30.3 Å². The third-order valence-electron chi connectivity index (χ3n) is 4.06. The summed E-state index contributed by atoms with van der Waals surface area (Å²) in [5.74, 6) is 0. The van der Waals surface area contributed by atoms with Gasteiger partial charge in [0.1, 0.15) is 0 Å². The summed E-state index contributed by atoms with van der Waals surface area (Å²) in [5.41, 5.74) is 0.965. The molecule has 20 heavy (non-hydrogen) atoms. The van der Waals surface area contributed by atoms with E-state index in [-0.39, 0.29) is 0 Å². The molecule has 0 aromatic heterocycles. The molecule has 0 amide bonds. The number of β-amino-alcohol motifs (C(OH)–C–C–N with tert-alkyl or cyclic N) is 1. The van der Waals surface area contributed by atoms with Gasteiger partial charge in [-0.3, -0.25) is 4.90 Å². The lowest BCUT2D eigenvalue weighted by atomic mass is 10.1. The van der Waals surface area contributed by atoms with E-state index in [0.29, 0.717) is 31.8 Å². The summed E-state index contributed by atoms with van der Waals surface area (Å²) in [5, 5.41) is 10.4. The van der Waals surface area contributed by atoms with Gasteiger partial charge in [0.05, 0.1) is 19.3 Å². The molecule has 1 unspecified atom stereocenters. The van der Waals surface area contributed by atoms with Gasteiger partial charge in [0, 0.05) is 32.8 Å². The number of rotatable bonds is 7. The number of benzene rings is 1. The van der Waals surface area contributed by atoms with Crippen LogP contribution in [0, 0.1) is 0 Å². The zero-order chi connectivity index (χ0) is 14.4. The molecule has 1 fully saturated rings. The highest BCUT2D eigenvalue weighted by Gasteiger charge is 2.34. The van der Waals surface area contributed by atoms with Crippen molar-refractivity contribution in [2.24, 2.45) is 0 Å². The Kier molecular flexibility index (Phi) is 5.98. The summed E-state index contributed by atoms with van der Waals surface area (Å²) in [6, 6.07) is 10.6. The molecule has 112 valence electrons. The second-order valence-corrected chi connectivity index (χ2v) is 5.42. The van der Waals surface area contributed by atoms with E-state index < -0.39 is 6.10 Å². The molecule has 1 aromatic carbocycles. The summed E-state index contributed by atoms with van der Waals surface area (Å²) in [4.78, 5) is 2.34. The number of aliphatic hydroxyl groups is 1. The van der Waals surface area contributed by atoms with Crippen LogP contribution < -0.4 is 0 Å². The molecule has 1 N–H and O–H groups in total. The van der Waals surface area contributed by atoms with Crippen molar-refractivity contribution in [3.8, 4) is 0 Å². The fraction of sp³-hybridized carbons (Fsp3) is 0.625. The maximum Gasteiger partial charge on any atom is 0.0917 e. The SMILES string of the molecule is COC[C@@H]1CC[C@@H](COC)N1CC(O)c1ccccc1. The van der Waals surface area contributed by atoms with Gasteiger partial charge in [-0.25, -0.2) is 0 Å². The highest BCUT2D eigenvalue weighted by atomic mass is 16.5. The normalized spacial score (nSPS) is 24.9. The van der Waals surface area contributed by atoms with Crippen molar-refractivity contribution in [1.82, 2.24) is 4.90 Å². The van der Waals surface area contributed by atoms with Crippen molar-refractivity contribution in [1.29, 1.82) is 0 Å². The van der Waals surface area contributed by atoms with Crippen LogP contribution in [0.1, 0.15) is 24.5 Å². The molecule has 1 aliphatic rings. The summed E-state index contributed by atoms with van der Waals surface area (Å²) >= 11 is 0. The molecule has 0 radical (unpaired) electrons. The first-order chi connectivity index (χ1) is 9.76. The van der Waals surface area contributed by atoms with E-state index in [2.05, 4.69) is 4.90 Å². The van der Waals surface area contributed by atoms with Gasteiger partial charge in [0.15, 0.2) is 0 Å². The van der Waals surface area contributed by atoms with E-state index in [1.807, 2.05) is 30.3 Å². The number of likely N-dealkylation sites (tertiary alicyclic amines) is 1. The van der Waals surface area contributed by atoms with Gasteiger partial charge >= 0.3 is 0 Å². The van der Waals surface area contributed by atoms with Gasteiger partial charge < -0.3 is 14.6 Å². The number of hydrogen-bond acceptors (Lipinski definition) is 4. The van der Waals surface area contributed by atoms with Gasteiger partial charge in [-0.1, -0.05) is 30.3 Å². The van der Waals surface area contributed by atoms with Crippen LogP contribution in [-0.4, -0.2) is 56.1 Å². The van der Waals surface area contributed by atoms with Gasteiger partial charge in [0.2, 0.25) is 0 Å². The van der Waals surface area contributed by atoms with Crippen LogP contribution in [0.4, 0.5) is 0 Å². The van der Waals surface area contributed by atoms with Crippen molar-refractivity contribution in [2.75, 3.05) is 34.0 Å². The number of nitrogens with zero attached hydrogens (tertiary/aromatic N) is 1. The molecular formula is C16H25NO3. The van der Waals surface area contributed by atoms with Crippen LogP contribution in [-0.2, 0) is 9.47 Å². The zero-order valence-corrected chi connectivity index (χ0v) is 12.4. The minimum atomic E-state index is -0.465. The Balaban J connectivity index is 2.02. The van der Waals surface area contributed by atoms with Crippen LogP contribution in [0.5, 0.6) is 0 Å². The Morgan fingerprint density at radius 1 is 1.10 bits per heavy atom. The molecule has 2 rings (SSSR count). The monoisotopic (exact) mass is 279 g/mol. The van der Waals surface area contributed by atoms with Crippen molar-refractivity contribution >= 4 is 0 Å². The van der Waals surface area contributed by atoms with E-state index in [4.69, 9.17) is 9.47 Å². The lowest BCUT2D eigenvalue weighted by Crippen LogP contribution is -2.43. The lowest BCUT2D eigenvalue weighted by Gasteiger charge is -2.31. The van der Waals surface area contributed by atoms with Gasteiger partial charge in [-0.05, 0) is 18.4 Å². The fourth-order valence-electron chi connectivity index (χ4n) is 3.04. The summed E-state index contributed by atoms with van der Waals surface area (Å²) in [7, 11) is 3.46. The molecule has 4 nitrogen and oxygen atoms in total. The Morgan fingerprint density at radius 2 is 1.65 bits per heavy atom. The first-order valence-corrected chi connectivity index (χ1v) is 7.23. The standard InChI is InChI=1S/C16H25NO3/c1-19-11-14-8-9-15(12-20-2)17(14)10-16(18)13-6-4-3-5-7-13/h3-7,14-16,18H,8-12H2,1-2H3/t14-,15-,16?/m0/s1. The van der Waals surface area contributed by atoms with E-state index in [1.165, 1.54) is 0 Å². The second-order valence-electron chi connectivity index (χ2n) is 5.42. The summed E-state index contributed by atoms with van der Waals surface area (Å²) in [6.07, 6.45) is 1.74. The van der Waals surface area contributed by atoms with Gasteiger partial charge in [-0.15, -0.1) is 0 Å². The fourth-order valence-corrected chi connectivity index (χ4v) is 3.04. The summed E-state index contributed by atoms with van der Waals surface area (Å²) < 4.78 is 10.6. The largest absolute Gasteiger partial charge is 0.387 e. The topological polar surface area (TPSA) is 41.9 Å². The van der Waals surface area contributed by atoms with Gasteiger partial charge in [0.25, 0.3) is 0 Å². The van der Waals surface area contributed by atoms with Crippen molar-refractivity contribution < 1.29 is 14.6 Å². The highest BCUT2D eigenvalue weighted by molar-refractivity contribution is 5.17. The van der Waals surface area contributed by atoms with Crippen LogP contribution in [0.25, 0.3) is 0 Å². The van der Waals surface area contributed by atoms with Crippen LogP contribution in [0.2, 0.25) is 0 Å². The Morgan fingerprint density at radius 3 is 2.15 bits per heavy atom. The number of aliphatic hydroxyl groups excluding tert-OH is 1. The van der Waals surface area contributed by atoms with Crippen molar-refractivity contribution in [2.45, 2.75) is 31.0 Å². The summed E-state index contributed by atoms with van der Waals surface area (Å²) in [6.45, 7) is 2.05. The van der Waals surface area contributed by atoms with E-state index in [0.717, 1.165) is 18.4 Å². The molecule has 0 bridgehead atoms. The molecule has 0 spiro atoms. The molecule has 0 aliphatic carbocycles. The smallest absolute Gasteiger partial charge is 0.0917 e. The molecular weight excluding hydrogens is 254 g/mol. The average molecular weight is 279 g/mol. The van der Waals surface area contributed by atoms with Crippen molar-refractivity contribution in [3.63, 3.8) is 0 Å². The predicted octanol–water partition coefficient (Wildman–Crippen LogP) is 1.85. The lowest BCUT2D eigenvalue weighted by molar-refractivity contribution is 0.0279. The van der Waals surface area contributed by atoms with E-state index in [1.54, 1.807) is 14.2 Å². The number of ether oxygens (including phenoxy) is 2. The first-order valence-electron chi connectivity index (χ1n) is 7.23. The van der Waals surface area contributed by atoms with E-state index >= 15 is 0 Å². The molecule has 1 aliphatic heterocycles. The van der Waals surface area contributed by atoms with Crippen molar-refractivity contribution in [3.05, 3.63) is 35.9 Å². The maximum atomic E-state index is 10.4. The minimum Gasteiger partial charge on any atom is -0.387 e. The molecule has 1 saturated heterocycles. The van der Waals surface area contributed by atoms with E-state index in [9.17, 15) is 5.11 Å². The predicted molar refractivity (Wildman–Crippen MR) is 78.7 cm³/mol. The third kappa shape index (κ3) is 3.79.